The van der Waals surface area contributed by atoms with Crippen molar-refractivity contribution in [3.8, 4) is 0 Å². The largest absolute Gasteiger partial charge is 0.341 e. The number of benzene rings is 1. The van der Waals surface area contributed by atoms with Gasteiger partial charge in [-0.15, -0.1) is 0 Å². The van der Waals surface area contributed by atoms with Crippen molar-refractivity contribution < 1.29 is 9.18 Å². The Labute approximate surface area is 107 Å². The highest BCUT2D eigenvalue weighted by atomic mass is 19.1. The van der Waals surface area contributed by atoms with Crippen LogP contribution < -0.4 is 5.32 Å². The number of carbonyl (C=O) groups is 1. The molecule has 98 valence electrons. The Bertz CT molecular complexity index is 399. The normalized spacial score (nSPS) is 18.9. The number of halogens is 1. The second-order valence-electron chi connectivity index (χ2n) is 4.94. The van der Waals surface area contributed by atoms with Crippen molar-refractivity contribution in [2.24, 2.45) is 5.92 Å². The molecule has 1 amide bonds. The van der Waals surface area contributed by atoms with Crippen molar-refractivity contribution in [2.45, 2.75) is 19.4 Å². The maximum atomic E-state index is 12.8. The molecule has 0 saturated carbocycles. The van der Waals surface area contributed by atoms with E-state index in [1.54, 1.807) is 24.1 Å². The second-order valence-corrected chi connectivity index (χ2v) is 4.94. The summed E-state index contributed by atoms with van der Waals surface area (Å²) in [6, 6.07) is 6.29. The molecule has 1 aromatic rings. The summed E-state index contributed by atoms with van der Waals surface area (Å²) in [5.41, 5.74) is 0.955. The van der Waals surface area contributed by atoms with Gasteiger partial charge in [0.05, 0.1) is 0 Å². The van der Waals surface area contributed by atoms with E-state index in [0.29, 0.717) is 18.9 Å². The van der Waals surface area contributed by atoms with E-state index in [1.807, 2.05) is 0 Å². The molecular formula is C14H19FN2O. The number of amides is 1. The molecule has 1 saturated heterocycles. The molecule has 1 atom stereocenters. The molecule has 1 heterocycles. The van der Waals surface area contributed by atoms with Crippen molar-refractivity contribution in [2.75, 3.05) is 20.1 Å². The summed E-state index contributed by atoms with van der Waals surface area (Å²) in [6.45, 7) is 2.50. The molecule has 0 spiro atoms. The van der Waals surface area contributed by atoms with Crippen molar-refractivity contribution >= 4 is 5.91 Å². The average Bonchev–Trinajstić information content (AvgIpc) is 2.85. The van der Waals surface area contributed by atoms with Crippen LogP contribution in [0.5, 0.6) is 0 Å². The Kier molecular flexibility index (Phi) is 4.31. The van der Waals surface area contributed by atoms with Crippen LogP contribution in [0.25, 0.3) is 0 Å². The van der Waals surface area contributed by atoms with Crippen molar-refractivity contribution in [3.63, 3.8) is 0 Å². The zero-order valence-electron chi connectivity index (χ0n) is 10.7. The third kappa shape index (κ3) is 3.53. The van der Waals surface area contributed by atoms with Gasteiger partial charge in [0.2, 0.25) is 5.91 Å². The number of nitrogens with one attached hydrogen (secondary N) is 1. The minimum absolute atomic E-state index is 0.160. The molecule has 3 nitrogen and oxygen atoms in total. The van der Waals surface area contributed by atoms with Crippen LogP contribution in [0.2, 0.25) is 0 Å². The second kappa shape index (κ2) is 5.96. The molecule has 1 aromatic carbocycles. The van der Waals surface area contributed by atoms with Crippen LogP contribution in [0.4, 0.5) is 4.39 Å². The Morgan fingerprint density at radius 2 is 2.17 bits per heavy atom. The van der Waals surface area contributed by atoms with Gasteiger partial charge in [0, 0.05) is 20.0 Å². The third-order valence-electron chi connectivity index (χ3n) is 3.38. The molecule has 1 fully saturated rings. The van der Waals surface area contributed by atoms with Crippen LogP contribution >= 0.6 is 0 Å². The summed E-state index contributed by atoms with van der Waals surface area (Å²) in [7, 11) is 1.80. The number of carbonyl (C=O) groups excluding carboxylic acids is 1. The highest BCUT2D eigenvalue weighted by Crippen LogP contribution is 2.14. The van der Waals surface area contributed by atoms with E-state index in [0.717, 1.165) is 25.1 Å². The lowest BCUT2D eigenvalue weighted by Crippen LogP contribution is -2.28. The first-order valence-corrected chi connectivity index (χ1v) is 6.34. The quantitative estimate of drug-likeness (QED) is 0.883. The highest BCUT2D eigenvalue weighted by Gasteiger charge is 2.20. The molecule has 0 aliphatic carbocycles. The van der Waals surface area contributed by atoms with Crippen LogP contribution in [-0.4, -0.2) is 30.9 Å². The smallest absolute Gasteiger partial charge is 0.222 e. The van der Waals surface area contributed by atoms with E-state index in [4.69, 9.17) is 0 Å². The Balaban J connectivity index is 1.84. The monoisotopic (exact) mass is 250 g/mol. The molecule has 0 bridgehead atoms. The van der Waals surface area contributed by atoms with Gasteiger partial charge >= 0.3 is 0 Å². The topological polar surface area (TPSA) is 32.3 Å². The average molecular weight is 250 g/mol. The molecule has 2 rings (SSSR count). The van der Waals surface area contributed by atoms with E-state index >= 15 is 0 Å². The Morgan fingerprint density at radius 3 is 2.78 bits per heavy atom. The van der Waals surface area contributed by atoms with Gasteiger partial charge in [-0.25, -0.2) is 4.39 Å². The van der Waals surface area contributed by atoms with Gasteiger partial charge < -0.3 is 10.2 Å². The highest BCUT2D eigenvalue weighted by molar-refractivity contribution is 5.76. The van der Waals surface area contributed by atoms with Crippen molar-refractivity contribution in [1.82, 2.24) is 10.2 Å². The summed E-state index contributed by atoms with van der Waals surface area (Å²) in [5.74, 6) is 0.381. The predicted octanol–water partition coefficient (Wildman–Crippen LogP) is 1.78. The third-order valence-corrected chi connectivity index (χ3v) is 3.38. The van der Waals surface area contributed by atoms with Gasteiger partial charge in [0.25, 0.3) is 0 Å². The van der Waals surface area contributed by atoms with E-state index in [-0.39, 0.29) is 11.7 Å². The summed E-state index contributed by atoms with van der Waals surface area (Å²) in [5, 5.41) is 3.26. The van der Waals surface area contributed by atoms with E-state index in [2.05, 4.69) is 5.32 Å². The molecule has 4 heteroatoms. The Morgan fingerprint density at radius 1 is 1.44 bits per heavy atom. The molecule has 1 N–H and O–H groups in total. The molecule has 0 aromatic heterocycles. The van der Waals surface area contributed by atoms with Crippen LogP contribution in [-0.2, 0) is 11.3 Å². The summed E-state index contributed by atoms with van der Waals surface area (Å²) in [4.78, 5) is 13.7. The first kappa shape index (κ1) is 13.0. The zero-order chi connectivity index (χ0) is 13.0. The van der Waals surface area contributed by atoms with Gasteiger partial charge in [-0.05, 0) is 43.1 Å². The molecule has 1 unspecified atom stereocenters. The number of nitrogens with zero attached hydrogens (tertiary/aromatic N) is 1. The van der Waals surface area contributed by atoms with Gasteiger partial charge in [0.1, 0.15) is 5.82 Å². The lowest BCUT2D eigenvalue weighted by atomic mass is 10.0. The summed E-state index contributed by atoms with van der Waals surface area (Å²) < 4.78 is 12.8. The maximum Gasteiger partial charge on any atom is 0.222 e. The fourth-order valence-corrected chi connectivity index (χ4v) is 2.24. The minimum atomic E-state index is -0.246. The fourth-order valence-electron chi connectivity index (χ4n) is 2.24. The lowest BCUT2D eigenvalue weighted by molar-refractivity contribution is -0.131. The zero-order valence-corrected chi connectivity index (χ0v) is 10.7. The number of hydrogen-bond donors (Lipinski definition) is 1. The van der Waals surface area contributed by atoms with Gasteiger partial charge in [-0.2, -0.15) is 0 Å². The van der Waals surface area contributed by atoms with E-state index in [1.165, 1.54) is 12.1 Å². The minimum Gasteiger partial charge on any atom is -0.341 e. The lowest BCUT2D eigenvalue weighted by Gasteiger charge is -2.19. The molecular weight excluding hydrogens is 231 g/mol. The number of hydrogen-bond acceptors (Lipinski definition) is 2. The van der Waals surface area contributed by atoms with Crippen LogP contribution in [0.3, 0.4) is 0 Å². The van der Waals surface area contributed by atoms with E-state index < -0.39 is 0 Å². The van der Waals surface area contributed by atoms with Crippen LogP contribution in [0, 0.1) is 11.7 Å². The molecule has 0 radical (unpaired) electrons. The SMILES string of the molecule is CN(Cc1ccc(F)cc1)C(=O)CC1CCNC1. The van der Waals surface area contributed by atoms with Crippen LogP contribution in [0.1, 0.15) is 18.4 Å². The van der Waals surface area contributed by atoms with Crippen molar-refractivity contribution in [3.05, 3.63) is 35.6 Å². The maximum absolute atomic E-state index is 12.8. The first-order chi connectivity index (χ1) is 8.65. The standard InChI is InChI=1S/C14H19FN2O/c1-17(10-11-2-4-13(15)5-3-11)14(18)8-12-6-7-16-9-12/h2-5,12,16H,6-10H2,1H3. The van der Waals surface area contributed by atoms with E-state index in [9.17, 15) is 9.18 Å². The summed E-state index contributed by atoms with van der Waals surface area (Å²) in [6.07, 6.45) is 1.68. The first-order valence-electron chi connectivity index (χ1n) is 6.34. The summed E-state index contributed by atoms with van der Waals surface area (Å²) >= 11 is 0. The molecule has 1 aliphatic rings. The molecule has 18 heavy (non-hydrogen) atoms. The fraction of sp³-hybridized carbons (Fsp3) is 0.500. The van der Waals surface area contributed by atoms with Gasteiger partial charge in [0.15, 0.2) is 0 Å². The Hall–Kier alpha value is -1.42. The molecule has 1 aliphatic heterocycles. The van der Waals surface area contributed by atoms with Crippen LogP contribution in [0.15, 0.2) is 24.3 Å². The van der Waals surface area contributed by atoms with Crippen molar-refractivity contribution in [1.29, 1.82) is 0 Å². The predicted molar refractivity (Wildman–Crippen MR) is 68.5 cm³/mol. The number of rotatable bonds is 4. The van der Waals surface area contributed by atoms with Gasteiger partial charge in [-0.3, -0.25) is 4.79 Å². The van der Waals surface area contributed by atoms with Gasteiger partial charge in [-0.1, -0.05) is 12.1 Å².